The second-order valence-corrected chi connectivity index (χ2v) is 5.81. The molecule has 0 saturated carbocycles. The van der Waals surface area contributed by atoms with Crippen molar-refractivity contribution in [3.63, 3.8) is 0 Å². The lowest BCUT2D eigenvalue weighted by molar-refractivity contribution is 0.186. The maximum absolute atomic E-state index is 13.2. The topological polar surface area (TPSA) is 87.2 Å². The van der Waals surface area contributed by atoms with Gasteiger partial charge in [-0.2, -0.15) is 9.61 Å². The fraction of sp³-hybridized carbons (Fsp3) is 0.235. The van der Waals surface area contributed by atoms with Gasteiger partial charge in [-0.25, -0.2) is 9.37 Å². The predicted octanol–water partition coefficient (Wildman–Crippen LogP) is 1.60. The molecule has 0 radical (unpaired) electrons. The predicted molar refractivity (Wildman–Crippen MR) is 92.4 cm³/mol. The second-order valence-electron chi connectivity index (χ2n) is 5.81. The van der Waals surface area contributed by atoms with E-state index in [0.717, 1.165) is 11.1 Å². The average molecular weight is 354 g/mol. The van der Waals surface area contributed by atoms with Crippen LogP contribution in [0.5, 0.6) is 0 Å². The van der Waals surface area contributed by atoms with E-state index in [1.54, 1.807) is 19.2 Å². The largest absolute Gasteiger partial charge is 0.383 e. The van der Waals surface area contributed by atoms with E-state index < -0.39 is 0 Å². The summed E-state index contributed by atoms with van der Waals surface area (Å²) in [6.45, 7) is 2.58. The van der Waals surface area contributed by atoms with Crippen molar-refractivity contribution in [1.82, 2.24) is 29.4 Å². The Hall–Kier alpha value is -3.20. The zero-order valence-corrected chi connectivity index (χ0v) is 14.2. The Bertz CT molecular complexity index is 1170. The first-order valence-electron chi connectivity index (χ1n) is 7.96. The van der Waals surface area contributed by atoms with Gasteiger partial charge in [-0.1, -0.05) is 12.1 Å². The molecule has 0 spiro atoms. The van der Waals surface area contributed by atoms with E-state index in [-0.39, 0.29) is 16.9 Å². The van der Waals surface area contributed by atoms with Crippen molar-refractivity contribution < 1.29 is 9.13 Å². The van der Waals surface area contributed by atoms with Gasteiger partial charge >= 0.3 is 0 Å². The molecule has 4 rings (SSSR count). The summed E-state index contributed by atoms with van der Waals surface area (Å²) in [4.78, 5) is 16.9. The second kappa shape index (κ2) is 6.26. The molecule has 8 nitrogen and oxygen atoms in total. The molecule has 26 heavy (non-hydrogen) atoms. The summed E-state index contributed by atoms with van der Waals surface area (Å²) in [5, 5.41) is 12.7. The highest BCUT2D eigenvalue weighted by Gasteiger charge is 2.18. The van der Waals surface area contributed by atoms with Gasteiger partial charge in [0.05, 0.1) is 24.4 Å². The molecule has 0 fully saturated rings. The molecule has 0 unspecified atom stereocenters. The molecule has 4 aromatic rings. The zero-order chi connectivity index (χ0) is 18.3. The fourth-order valence-electron chi connectivity index (χ4n) is 2.87. The standard InChI is InChI=1S/C17H15FN6O2/c1-10-13(11-3-5-12(18)6-4-11)15-21-20-14-16(24(15)22-10)19-9-23(17(14)25)7-8-26-2/h3-6,9H,7-8H2,1-2H3. The zero-order valence-electron chi connectivity index (χ0n) is 14.2. The van der Waals surface area contributed by atoms with Crippen LogP contribution >= 0.6 is 0 Å². The monoisotopic (exact) mass is 354 g/mol. The highest BCUT2D eigenvalue weighted by atomic mass is 19.1. The van der Waals surface area contributed by atoms with Crippen LogP contribution in [0.3, 0.4) is 0 Å². The highest BCUT2D eigenvalue weighted by molar-refractivity contribution is 5.83. The Kier molecular flexibility index (Phi) is 3.92. The lowest BCUT2D eigenvalue weighted by atomic mass is 10.1. The Morgan fingerprint density at radius 2 is 1.92 bits per heavy atom. The number of fused-ring (bicyclic) bond motifs is 3. The van der Waals surface area contributed by atoms with Gasteiger partial charge in [-0.3, -0.25) is 9.36 Å². The van der Waals surface area contributed by atoms with Gasteiger partial charge in [0.1, 0.15) is 12.1 Å². The molecule has 0 atom stereocenters. The fourth-order valence-corrected chi connectivity index (χ4v) is 2.87. The first-order valence-corrected chi connectivity index (χ1v) is 7.96. The van der Waals surface area contributed by atoms with Gasteiger partial charge < -0.3 is 4.74 Å². The number of methoxy groups -OCH3 is 1. The lowest BCUT2D eigenvalue weighted by Crippen LogP contribution is -2.24. The maximum atomic E-state index is 13.2. The van der Waals surface area contributed by atoms with Crippen LogP contribution in [0.4, 0.5) is 4.39 Å². The normalized spacial score (nSPS) is 11.5. The number of ether oxygens (including phenoxy) is 1. The summed E-state index contributed by atoms with van der Waals surface area (Å²) in [7, 11) is 1.56. The van der Waals surface area contributed by atoms with E-state index >= 15 is 0 Å². The minimum atomic E-state index is -0.322. The number of benzene rings is 1. The van der Waals surface area contributed by atoms with Crippen molar-refractivity contribution in [1.29, 1.82) is 0 Å². The quantitative estimate of drug-likeness (QED) is 0.553. The number of hydrogen-bond donors (Lipinski definition) is 0. The van der Waals surface area contributed by atoms with Crippen LogP contribution in [0.2, 0.25) is 0 Å². The number of nitrogens with zero attached hydrogens (tertiary/aromatic N) is 6. The third-order valence-electron chi connectivity index (χ3n) is 4.15. The molecule has 0 saturated heterocycles. The third-order valence-corrected chi connectivity index (χ3v) is 4.15. The van der Waals surface area contributed by atoms with E-state index in [1.807, 2.05) is 6.92 Å². The number of aromatic nitrogens is 6. The molecule has 132 valence electrons. The number of rotatable bonds is 4. The van der Waals surface area contributed by atoms with Crippen molar-refractivity contribution in [2.45, 2.75) is 13.5 Å². The molecule has 0 aliphatic carbocycles. The van der Waals surface area contributed by atoms with Crippen LogP contribution in [-0.4, -0.2) is 43.1 Å². The van der Waals surface area contributed by atoms with Crippen LogP contribution in [0, 0.1) is 12.7 Å². The summed E-state index contributed by atoms with van der Waals surface area (Å²) in [6, 6.07) is 6.06. The maximum Gasteiger partial charge on any atom is 0.283 e. The van der Waals surface area contributed by atoms with Gasteiger partial charge in [-0.05, 0) is 24.6 Å². The van der Waals surface area contributed by atoms with Crippen molar-refractivity contribution in [2.75, 3.05) is 13.7 Å². The van der Waals surface area contributed by atoms with Crippen LogP contribution in [0.25, 0.3) is 27.9 Å². The summed E-state index contributed by atoms with van der Waals surface area (Å²) >= 11 is 0. The first kappa shape index (κ1) is 16.3. The van der Waals surface area contributed by atoms with Crippen LogP contribution < -0.4 is 5.56 Å². The number of aryl methyl sites for hydroxylation is 1. The van der Waals surface area contributed by atoms with E-state index in [4.69, 9.17) is 4.74 Å². The summed E-state index contributed by atoms with van der Waals surface area (Å²) < 4.78 is 21.1. The van der Waals surface area contributed by atoms with Gasteiger partial charge in [0.15, 0.2) is 16.8 Å². The molecule has 1 aromatic carbocycles. The molecule has 3 heterocycles. The van der Waals surface area contributed by atoms with Crippen LogP contribution in [-0.2, 0) is 11.3 Å². The molecule has 0 N–H and O–H groups in total. The first-order chi connectivity index (χ1) is 12.6. The molecule has 0 amide bonds. The van der Waals surface area contributed by atoms with Crippen LogP contribution in [0.1, 0.15) is 5.69 Å². The van der Waals surface area contributed by atoms with E-state index in [2.05, 4.69) is 20.3 Å². The van der Waals surface area contributed by atoms with E-state index in [0.29, 0.717) is 30.1 Å². The van der Waals surface area contributed by atoms with Crippen molar-refractivity contribution in [3.05, 3.63) is 52.5 Å². The van der Waals surface area contributed by atoms with Crippen molar-refractivity contribution in [3.8, 4) is 11.1 Å². The van der Waals surface area contributed by atoms with E-state index in [9.17, 15) is 9.18 Å². The minimum absolute atomic E-state index is 0.129. The van der Waals surface area contributed by atoms with Crippen molar-refractivity contribution >= 4 is 16.8 Å². The number of halogens is 1. The molecular weight excluding hydrogens is 339 g/mol. The SMILES string of the molecule is COCCn1cnc2c(nnc3c(-c4ccc(F)cc4)c(C)nn32)c1=O. The summed E-state index contributed by atoms with van der Waals surface area (Å²) in [5.74, 6) is -0.322. The van der Waals surface area contributed by atoms with E-state index in [1.165, 1.54) is 27.5 Å². The Labute approximate surface area is 146 Å². The lowest BCUT2D eigenvalue weighted by Gasteiger charge is -2.05. The Morgan fingerprint density at radius 1 is 1.15 bits per heavy atom. The smallest absolute Gasteiger partial charge is 0.283 e. The Balaban J connectivity index is 1.94. The Morgan fingerprint density at radius 3 is 2.65 bits per heavy atom. The molecule has 9 heteroatoms. The average Bonchev–Trinajstić information content (AvgIpc) is 2.98. The van der Waals surface area contributed by atoms with Gasteiger partial charge in [0, 0.05) is 7.11 Å². The van der Waals surface area contributed by atoms with Gasteiger partial charge in [-0.15, -0.1) is 10.2 Å². The summed E-state index contributed by atoms with van der Waals surface area (Å²) in [5.41, 5.74) is 2.78. The van der Waals surface area contributed by atoms with Crippen molar-refractivity contribution in [2.24, 2.45) is 0 Å². The molecule has 0 bridgehead atoms. The van der Waals surface area contributed by atoms with Gasteiger partial charge in [0.25, 0.3) is 5.56 Å². The highest BCUT2D eigenvalue weighted by Crippen LogP contribution is 2.27. The van der Waals surface area contributed by atoms with Gasteiger partial charge in [0.2, 0.25) is 0 Å². The molecule has 3 aromatic heterocycles. The molecule has 0 aliphatic rings. The molecular formula is C17H15FN6O2. The third kappa shape index (κ3) is 2.53. The summed E-state index contributed by atoms with van der Waals surface area (Å²) in [6.07, 6.45) is 1.44. The van der Waals surface area contributed by atoms with Crippen LogP contribution in [0.15, 0.2) is 35.4 Å². The number of hydrogen-bond acceptors (Lipinski definition) is 6. The minimum Gasteiger partial charge on any atom is -0.383 e. The molecule has 0 aliphatic heterocycles.